The summed E-state index contributed by atoms with van der Waals surface area (Å²) in [5.74, 6) is -2.08. The predicted octanol–water partition coefficient (Wildman–Crippen LogP) is 4.98. The average Bonchev–Trinajstić information content (AvgIpc) is 3.26. The lowest BCUT2D eigenvalue weighted by Crippen LogP contribution is -2.30. The van der Waals surface area contributed by atoms with Crippen molar-refractivity contribution in [2.45, 2.75) is 13.0 Å². The van der Waals surface area contributed by atoms with Crippen molar-refractivity contribution in [2.24, 2.45) is 0 Å². The molecule has 3 nitrogen and oxygen atoms in total. The van der Waals surface area contributed by atoms with Crippen LogP contribution in [0.4, 0.5) is 8.78 Å². The summed E-state index contributed by atoms with van der Waals surface area (Å²) in [6.07, 6.45) is 0. The van der Waals surface area contributed by atoms with Crippen molar-refractivity contribution in [1.29, 1.82) is 0 Å². The first kappa shape index (κ1) is 16.7. The van der Waals surface area contributed by atoms with Crippen molar-refractivity contribution in [3.63, 3.8) is 0 Å². The monoisotopic (exact) mass is 364 g/mol. The Kier molecular flexibility index (Phi) is 4.73. The minimum Gasteiger partial charge on any atom is -0.334 e. The number of benzene rings is 1. The summed E-state index contributed by atoms with van der Waals surface area (Å²) in [4.78, 5) is 18.5. The molecule has 0 aliphatic carbocycles. The molecule has 2 aromatic heterocycles. The summed E-state index contributed by atoms with van der Waals surface area (Å²) >= 11 is 2.97. The maximum atomic E-state index is 13.4. The highest BCUT2D eigenvalue weighted by Crippen LogP contribution is 2.27. The molecular weight excluding hydrogens is 350 g/mol. The summed E-state index contributed by atoms with van der Waals surface area (Å²) in [5, 5.41) is 6.42. The molecule has 124 valence electrons. The van der Waals surface area contributed by atoms with E-state index < -0.39 is 17.7 Å². The molecule has 1 unspecified atom stereocenters. The molecule has 24 heavy (non-hydrogen) atoms. The number of nitrogens with zero attached hydrogens (tertiary/aromatic N) is 2. The largest absolute Gasteiger partial charge is 0.334 e. The molecular formula is C17H14F2N2OS2. The van der Waals surface area contributed by atoms with E-state index in [-0.39, 0.29) is 5.91 Å². The Hall–Kier alpha value is -2.12. The number of carbonyl (C=O) groups excluding carboxylic acids is 1. The fraction of sp³-hybridized carbons (Fsp3) is 0.176. The minimum absolute atomic E-state index is 0.259. The standard InChI is InChI=1S/C17H14F2N2OS2/c1-10(11-3-4-13(18)14(19)7-11)21(2)17(22)15-9-24-16(20-15)12-5-6-23-8-12/h3-10H,1-2H3. The van der Waals surface area contributed by atoms with Crippen LogP contribution in [0.25, 0.3) is 10.6 Å². The van der Waals surface area contributed by atoms with Gasteiger partial charge in [0, 0.05) is 23.4 Å². The molecule has 7 heteroatoms. The highest BCUT2D eigenvalue weighted by Gasteiger charge is 2.22. The molecule has 1 amide bonds. The van der Waals surface area contributed by atoms with E-state index in [0.29, 0.717) is 11.3 Å². The number of aromatic nitrogens is 1. The first-order valence-electron chi connectivity index (χ1n) is 7.17. The van der Waals surface area contributed by atoms with Crippen molar-refractivity contribution >= 4 is 28.6 Å². The fourth-order valence-corrected chi connectivity index (χ4v) is 3.75. The number of rotatable bonds is 4. The third-order valence-corrected chi connectivity index (χ3v) is 5.39. The van der Waals surface area contributed by atoms with E-state index in [4.69, 9.17) is 0 Å². The topological polar surface area (TPSA) is 33.2 Å². The SMILES string of the molecule is CC(c1ccc(F)c(F)c1)N(C)C(=O)c1csc(-c2ccsc2)n1. The van der Waals surface area contributed by atoms with E-state index in [0.717, 1.165) is 22.7 Å². The molecule has 3 aromatic rings. The zero-order valence-electron chi connectivity index (χ0n) is 13.0. The maximum Gasteiger partial charge on any atom is 0.273 e. The first-order chi connectivity index (χ1) is 11.5. The second-order valence-corrected chi connectivity index (χ2v) is 6.95. The van der Waals surface area contributed by atoms with Gasteiger partial charge in [0.15, 0.2) is 11.6 Å². The van der Waals surface area contributed by atoms with Gasteiger partial charge in [0.2, 0.25) is 0 Å². The van der Waals surface area contributed by atoms with Gasteiger partial charge in [-0.3, -0.25) is 4.79 Å². The van der Waals surface area contributed by atoms with Crippen LogP contribution < -0.4 is 0 Å². The normalized spacial score (nSPS) is 12.2. The van der Waals surface area contributed by atoms with Crippen LogP contribution in [0.15, 0.2) is 40.4 Å². The Morgan fingerprint density at radius 3 is 2.67 bits per heavy atom. The maximum absolute atomic E-state index is 13.4. The molecule has 2 heterocycles. The lowest BCUT2D eigenvalue weighted by molar-refractivity contribution is 0.0737. The van der Waals surface area contributed by atoms with Crippen LogP contribution in [0.5, 0.6) is 0 Å². The lowest BCUT2D eigenvalue weighted by atomic mass is 10.1. The van der Waals surface area contributed by atoms with Gasteiger partial charge in [-0.2, -0.15) is 11.3 Å². The number of amides is 1. The van der Waals surface area contributed by atoms with Crippen LogP contribution in [0.2, 0.25) is 0 Å². The quantitative estimate of drug-likeness (QED) is 0.654. The zero-order valence-corrected chi connectivity index (χ0v) is 14.6. The van der Waals surface area contributed by atoms with Crippen molar-refractivity contribution in [2.75, 3.05) is 7.05 Å². The van der Waals surface area contributed by atoms with Gasteiger partial charge in [0.05, 0.1) is 6.04 Å². The molecule has 0 N–H and O–H groups in total. The van der Waals surface area contributed by atoms with E-state index in [1.807, 2.05) is 16.8 Å². The van der Waals surface area contributed by atoms with Crippen molar-refractivity contribution in [3.8, 4) is 10.6 Å². The molecule has 3 rings (SSSR count). The molecule has 0 radical (unpaired) electrons. The Bertz CT molecular complexity index is 861. The summed E-state index contributed by atoms with van der Waals surface area (Å²) < 4.78 is 26.5. The number of thiophene rings is 1. The van der Waals surface area contributed by atoms with E-state index in [2.05, 4.69) is 4.98 Å². The van der Waals surface area contributed by atoms with Crippen LogP contribution in [-0.2, 0) is 0 Å². The Labute approximate surface area is 146 Å². The molecule has 1 atom stereocenters. The van der Waals surface area contributed by atoms with Crippen LogP contribution in [-0.4, -0.2) is 22.8 Å². The van der Waals surface area contributed by atoms with Crippen molar-refractivity contribution in [1.82, 2.24) is 9.88 Å². The number of carbonyl (C=O) groups is 1. The van der Waals surface area contributed by atoms with Gasteiger partial charge in [0.25, 0.3) is 5.91 Å². The number of thiazole rings is 1. The van der Waals surface area contributed by atoms with Gasteiger partial charge in [-0.25, -0.2) is 13.8 Å². The second-order valence-electron chi connectivity index (χ2n) is 5.32. The smallest absolute Gasteiger partial charge is 0.273 e. The van der Waals surface area contributed by atoms with E-state index in [1.54, 1.807) is 30.7 Å². The number of hydrogen-bond acceptors (Lipinski definition) is 4. The second kappa shape index (κ2) is 6.78. The highest BCUT2D eigenvalue weighted by molar-refractivity contribution is 7.14. The highest BCUT2D eigenvalue weighted by atomic mass is 32.1. The Morgan fingerprint density at radius 1 is 1.21 bits per heavy atom. The Balaban J connectivity index is 1.80. The van der Waals surface area contributed by atoms with Crippen LogP contribution >= 0.6 is 22.7 Å². The minimum atomic E-state index is -0.923. The van der Waals surface area contributed by atoms with Crippen molar-refractivity contribution in [3.05, 3.63) is 63.3 Å². The Morgan fingerprint density at radius 2 is 2.00 bits per heavy atom. The van der Waals surface area contributed by atoms with Gasteiger partial charge in [-0.05, 0) is 36.1 Å². The number of halogens is 2. The molecule has 1 aromatic carbocycles. The summed E-state index contributed by atoms with van der Waals surface area (Å²) in [6, 6.07) is 5.20. The zero-order chi connectivity index (χ0) is 17.3. The van der Waals surface area contributed by atoms with Crippen LogP contribution in [0, 0.1) is 11.6 Å². The summed E-state index contributed by atoms with van der Waals surface area (Å²) in [7, 11) is 1.62. The number of hydrogen-bond donors (Lipinski definition) is 0. The van der Waals surface area contributed by atoms with Crippen molar-refractivity contribution < 1.29 is 13.6 Å². The van der Waals surface area contributed by atoms with Crippen LogP contribution in [0.1, 0.15) is 29.0 Å². The van der Waals surface area contributed by atoms with E-state index in [1.165, 1.54) is 22.3 Å². The van der Waals surface area contributed by atoms with Gasteiger partial charge in [0.1, 0.15) is 10.7 Å². The van der Waals surface area contributed by atoms with E-state index >= 15 is 0 Å². The fourth-order valence-electron chi connectivity index (χ4n) is 2.24. The molecule has 0 aliphatic heterocycles. The summed E-state index contributed by atoms with van der Waals surface area (Å²) in [5.41, 5.74) is 1.86. The predicted molar refractivity (Wildman–Crippen MR) is 92.3 cm³/mol. The van der Waals surface area contributed by atoms with Crippen LogP contribution in [0.3, 0.4) is 0 Å². The van der Waals surface area contributed by atoms with Gasteiger partial charge in [-0.1, -0.05) is 6.07 Å². The van der Waals surface area contributed by atoms with E-state index in [9.17, 15) is 13.6 Å². The first-order valence-corrected chi connectivity index (χ1v) is 9.00. The molecule has 0 saturated carbocycles. The third-order valence-electron chi connectivity index (χ3n) is 3.82. The third kappa shape index (κ3) is 3.22. The molecule has 0 fully saturated rings. The van der Waals surface area contributed by atoms with Gasteiger partial charge in [-0.15, -0.1) is 11.3 Å². The summed E-state index contributed by atoms with van der Waals surface area (Å²) in [6.45, 7) is 1.76. The average molecular weight is 364 g/mol. The van der Waals surface area contributed by atoms with Gasteiger partial charge < -0.3 is 4.90 Å². The van der Waals surface area contributed by atoms with Gasteiger partial charge >= 0.3 is 0 Å². The molecule has 0 aliphatic rings. The molecule has 0 bridgehead atoms. The lowest BCUT2D eigenvalue weighted by Gasteiger charge is -2.24. The molecule has 0 spiro atoms. The molecule has 0 saturated heterocycles.